The van der Waals surface area contributed by atoms with E-state index in [-0.39, 0.29) is 0 Å². The Morgan fingerprint density at radius 2 is 1.55 bits per heavy atom. The first-order valence-corrected chi connectivity index (χ1v) is 6.97. The fourth-order valence-electron chi connectivity index (χ4n) is 2.42. The first-order chi connectivity index (χ1) is 9.75. The monoisotopic (exact) mass is 283 g/mol. The van der Waals surface area contributed by atoms with Gasteiger partial charge in [-0.15, -0.1) is 0 Å². The van der Waals surface area contributed by atoms with E-state index in [1.54, 1.807) is 0 Å². The molecule has 0 aliphatic heterocycles. The van der Waals surface area contributed by atoms with Gasteiger partial charge in [-0.1, -0.05) is 48.5 Å². The molecule has 0 saturated carbocycles. The molecular weight excluding hydrogens is 268 g/mol. The third-order valence-corrected chi connectivity index (χ3v) is 3.75. The maximum absolute atomic E-state index is 6.29. The largest absolute Gasteiger partial charge is 0.290 e. The van der Waals surface area contributed by atoms with Gasteiger partial charge in [0, 0.05) is 0 Å². The van der Waals surface area contributed by atoms with Crippen LogP contribution in [-0.4, -0.2) is 4.57 Å². The molecule has 3 aromatic rings. The maximum atomic E-state index is 6.29. The van der Waals surface area contributed by atoms with Gasteiger partial charge in [-0.2, -0.15) is 0 Å². The molecular formula is C17H16ClN2+. The third kappa shape index (κ3) is 2.47. The van der Waals surface area contributed by atoms with E-state index in [9.17, 15) is 0 Å². The summed E-state index contributed by atoms with van der Waals surface area (Å²) in [6.07, 6.45) is 1.98. The smallest absolute Gasteiger partial charge is 0.224 e. The van der Waals surface area contributed by atoms with E-state index in [2.05, 4.69) is 41.0 Å². The minimum absolute atomic E-state index is 0.736. The van der Waals surface area contributed by atoms with E-state index in [1.807, 2.05) is 42.1 Å². The van der Waals surface area contributed by atoms with Crippen molar-refractivity contribution in [3.05, 3.63) is 77.6 Å². The van der Waals surface area contributed by atoms with Crippen LogP contribution in [0.3, 0.4) is 0 Å². The Balaban J connectivity index is 2.06. The zero-order chi connectivity index (χ0) is 13.9. The van der Waals surface area contributed by atoms with Crippen molar-refractivity contribution in [2.24, 2.45) is 7.05 Å². The minimum Gasteiger partial charge on any atom is -0.224 e. The Bertz CT molecular complexity index is 703. The van der Waals surface area contributed by atoms with Crippen LogP contribution in [0.2, 0.25) is 5.15 Å². The molecule has 3 heteroatoms. The number of benzene rings is 2. The molecule has 0 saturated heterocycles. The van der Waals surface area contributed by atoms with Crippen molar-refractivity contribution in [1.29, 1.82) is 0 Å². The number of hydrogen-bond donors (Lipinski definition) is 0. The zero-order valence-corrected chi connectivity index (χ0v) is 12.1. The molecule has 3 rings (SSSR count). The van der Waals surface area contributed by atoms with Crippen LogP contribution < -0.4 is 4.57 Å². The van der Waals surface area contributed by atoms with Gasteiger partial charge in [0.15, 0.2) is 6.20 Å². The normalized spacial score (nSPS) is 10.7. The fourth-order valence-corrected chi connectivity index (χ4v) is 2.62. The van der Waals surface area contributed by atoms with Crippen molar-refractivity contribution >= 4 is 11.6 Å². The molecule has 1 heterocycles. The molecule has 0 N–H and O–H groups in total. The first-order valence-electron chi connectivity index (χ1n) is 6.60. The van der Waals surface area contributed by atoms with E-state index in [0.29, 0.717) is 0 Å². The first kappa shape index (κ1) is 12.9. The van der Waals surface area contributed by atoms with Crippen molar-refractivity contribution < 1.29 is 4.57 Å². The summed E-state index contributed by atoms with van der Waals surface area (Å²) in [7, 11) is 1.99. The van der Waals surface area contributed by atoms with Crippen molar-refractivity contribution in [3.63, 3.8) is 0 Å². The predicted molar refractivity (Wildman–Crippen MR) is 81.6 cm³/mol. The Morgan fingerprint density at radius 3 is 2.20 bits per heavy atom. The molecule has 2 nitrogen and oxygen atoms in total. The van der Waals surface area contributed by atoms with Gasteiger partial charge in [0.25, 0.3) is 5.82 Å². The van der Waals surface area contributed by atoms with Gasteiger partial charge in [0.2, 0.25) is 5.15 Å². The Morgan fingerprint density at radius 1 is 0.950 bits per heavy atom. The molecule has 0 aliphatic rings. The Hall–Kier alpha value is -2.06. The average Bonchev–Trinajstić information content (AvgIpc) is 2.76. The lowest BCUT2D eigenvalue weighted by atomic mass is 10.2. The van der Waals surface area contributed by atoms with E-state index in [4.69, 9.17) is 11.6 Å². The quantitative estimate of drug-likeness (QED) is 0.649. The summed E-state index contributed by atoms with van der Waals surface area (Å²) in [5, 5.41) is 0.736. The molecule has 0 radical (unpaired) electrons. The number of imidazole rings is 1. The average molecular weight is 284 g/mol. The van der Waals surface area contributed by atoms with Gasteiger partial charge >= 0.3 is 0 Å². The molecule has 0 fully saturated rings. The molecule has 0 unspecified atom stereocenters. The van der Waals surface area contributed by atoms with Crippen LogP contribution in [0.4, 0.5) is 0 Å². The lowest BCUT2D eigenvalue weighted by Crippen LogP contribution is -2.35. The van der Waals surface area contributed by atoms with E-state index < -0.39 is 0 Å². The predicted octanol–water partition coefficient (Wildman–Crippen LogP) is 3.68. The fraction of sp³-hybridized carbons (Fsp3) is 0.118. The molecule has 0 spiro atoms. The molecule has 100 valence electrons. The molecule has 1 aromatic heterocycles. The van der Waals surface area contributed by atoms with Gasteiger partial charge in [0.1, 0.15) is 6.54 Å². The van der Waals surface area contributed by atoms with Crippen LogP contribution >= 0.6 is 11.6 Å². The highest BCUT2D eigenvalue weighted by atomic mass is 35.5. The zero-order valence-electron chi connectivity index (χ0n) is 11.3. The van der Waals surface area contributed by atoms with Crippen LogP contribution in [0.25, 0.3) is 11.4 Å². The van der Waals surface area contributed by atoms with Crippen LogP contribution in [0.1, 0.15) is 5.56 Å². The minimum atomic E-state index is 0.736. The lowest BCUT2D eigenvalue weighted by Gasteiger charge is -2.03. The topological polar surface area (TPSA) is 8.81 Å². The van der Waals surface area contributed by atoms with Crippen LogP contribution in [0.15, 0.2) is 66.9 Å². The highest BCUT2D eigenvalue weighted by molar-refractivity contribution is 6.29. The van der Waals surface area contributed by atoms with Crippen molar-refractivity contribution in [3.8, 4) is 11.4 Å². The van der Waals surface area contributed by atoms with Crippen molar-refractivity contribution in [1.82, 2.24) is 4.57 Å². The highest BCUT2D eigenvalue weighted by Crippen LogP contribution is 2.19. The van der Waals surface area contributed by atoms with Crippen molar-refractivity contribution in [2.45, 2.75) is 6.54 Å². The van der Waals surface area contributed by atoms with Crippen LogP contribution in [-0.2, 0) is 13.6 Å². The summed E-state index contributed by atoms with van der Waals surface area (Å²) in [6.45, 7) is 0.811. The number of nitrogens with zero attached hydrogens (tertiary/aromatic N) is 2. The van der Waals surface area contributed by atoms with E-state index in [1.165, 1.54) is 5.56 Å². The highest BCUT2D eigenvalue weighted by Gasteiger charge is 2.21. The number of hydrogen-bond acceptors (Lipinski definition) is 0. The van der Waals surface area contributed by atoms with Crippen molar-refractivity contribution in [2.75, 3.05) is 0 Å². The van der Waals surface area contributed by atoms with Gasteiger partial charge in [-0.05, 0) is 29.3 Å². The molecule has 0 bridgehead atoms. The van der Waals surface area contributed by atoms with Crippen LogP contribution in [0, 0.1) is 0 Å². The van der Waals surface area contributed by atoms with Gasteiger partial charge in [0.05, 0.1) is 12.6 Å². The lowest BCUT2D eigenvalue weighted by molar-refractivity contribution is -0.676. The third-order valence-electron chi connectivity index (χ3n) is 3.40. The summed E-state index contributed by atoms with van der Waals surface area (Å²) in [5.74, 6) is 1.11. The standard InChI is InChI=1S/C17H16ClN2/c1-19-16(18)13-20(12-14-8-4-2-5-9-14)17(19)15-10-6-3-7-11-15/h2-11,13H,12H2,1H3/q+1. The Labute approximate surface area is 123 Å². The second-order valence-electron chi connectivity index (χ2n) is 4.81. The SMILES string of the molecule is Cn1c(Cl)c[n+](Cc2ccccc2)c1-c1ccccc1. The second-order valence-corrected chi connectivity index (χ2v) is 5.20. The summed E-state index contributed by atoms with van der Waals surface area (Å²) >= 11 is 6.29. The summed E-state index contributed by atoms with van der Waals surface area (Å²) in [6, 6.07) is 20.7. The second kappa shape index (κ2) is 5.51. The molecule has 0 aliphatic carbocycles. The van der Waals surface area contributed by atoms with Crippen LogP contribution in [0.5, 0.6) is 0 Å². The molecule has 2 aromatic carbocycles. The molecule has 0 amide bonds. The number of rotatable bonds is 3. The summed E-state index contributed by atoms with van der Waals surface area (Å²) in [4.78, 5) is 0. The number of halogens is 1. The molecule has 20 heavy (non-hydrogen) atoms. The van der Waals surface area contributed by atoms with Gasteiger partial charge in [-0.25, -0.2) is 9.13 Å². The molecule has 0 atom stereocenters. The number of aromatic nitrogens is 2. The summed E-state index contributed by atoms with van der Waals surface area (Å²) in [5.41, 5.74) is 2.43. The summed E-state index contributed by atoms with van der Waals surface area (Å²) < 4.78 is 4.20. The Kier molecular flexibility index (Phi) is 3.57. The maximum Gasteiger partial charge on any atom is 0.290 e. The van der Waals surface area contributed by atoms with Gasteiger partial charge in [-0.3, -0.25) is 0 Å². The van der Waals surface area contributed by atoms with E-state index in [0.717, 1.165) is 23.1 Å². The van der Waals surface area contributed by atoms with E-state index >= 15 is 0 Å². The van der Waals surface area contributed by atoms with Gasteiger partial charge < -0.3 is 0 Å².